The number of piperazine rings is 1. The summed E-state index contributed by atoms with van der Waals surface area (Å²) in [6, 6.07) is 0. The number of nitrogens with one attached hydrogen (secondary N) is 1. The predicted molar refractivity (Wildman–Crippen MR) is 75.8 cm³/mol. The Bertz CT molecular complexity index is 393. The van der Waals surface area contributed by atoms with Crippen molar-refractivity contribution in [3.05, 3.63) is 16.6 Å². The molecule has 100 valence electrons. The number of rotatable bonds is 2. The van der Waals surface area contributed by atoms with Gasteiger partial charge in [0.1, 0.15) is 5.01 Å². The van der Waals surface area contributed by atoms with E-state index in [4.69, 9.17) is 0 Å². The first-order chi connectivity index (χ1) is 8.60. The largest absolute Gasteiger partial charge is 0.308 e. The van der Waals surface area contributed by atoms with Crippen LogP contribution < -0.4 is 5.32 Å². The fraction of sp³-hybridized carbons (Fsp3) is 0.786. The Kier molecular flexibility index (Phi) is 3.20. The van der Waals surface area contributed by atoms with Crippen LogP contribution in [0, 0.1) is 0 Å². The summed E-state index contributed by atoms with van der Waals surface area (Å²) in [5.74, 6) is 0. The summed E-state index contributed by atoms with van der Waals surface area (Å²) < 4.78 is 0. The highest BCUT2D eigenvalue weighted by Gasteiger charge is 2.44. The van der Waals surface area contributed by atoms with E-state index in [2.05, 4.69) is 34.4 Å². The minimum absolute atomic E-state index is 0.236. The van der Waals surface area contributed by atoms with Crippen LogP contribution in [0.25, 0.3) is 0 Å². The molecule has 2 aliphatic rings. The molecule has 2 heterocycles. The summed E-state index contributed by atoms with van der Waals surface area (Å²) in [6.07, 6.45) is 7.38. The van der Waals surface area contributed by atoms with Crippen molar-refractivity contribution in [1.82, 2.24) is 15.2 Å². The lowest BCUT2D eigenvalue weighted by molar-refractivity contribution is 0.0217. The summed E-state index contributed by atoms with van der Waals surface area (Å²) in [5, 5.41) is 7.16. The van der Waals surface area contributed by atoms with Gasteiger partial charge in [-0.15, -0.1) is 11.3 Å². The number of thiazole rings is 1. The van der Waals surface area contributed by atoms with Crippen molar-refractivity contribution in [2.45, 2.75) is 57.2 Å². The van der Waals surface area contributed by atoms with Crippen LogP contribution in [0.4, 0.5) is 0 Å². The molecule has 1 aliphatic carbocycles. The molecular weight excluding hydrogens is 242 g/mol. The Morgan fingerprint density at radius 2 is 2.17 bits per heavy atom. The minimum Gasteiger partial charge on any atom is -0.308 e. The van der Waals surface area contributed by atoms with Crippen molar-refractivity contribution in [1.29, 1.82) is 0 Å². The van der Waals surface area contributed by atoms with Crippen molar-refractivity contribution in [2.24, 2.45) is 0 Å². The topological polar surface area (TPSA) is 28.2 Å². The van der Waals surface area contributed by atoms with Gasteiger partial charge in [-0.25, -0.2) is 4.98 Å². The van der Waals surface area contributed by atoms with E-state index < -0.39 is 0 Å². The van der Waals surface area contributed by atoms with Gasteiger partial charge < -0.3 is 5.32 Å². The van der Waals surface area contributed by atoms with Crippen molar-refractivity contribution < 1.29 is 0 Å². The molecular formula is C14H23N3S. The zero-order chi connectivity index (χ0) is 12.6. The highest BCUT2D eigenvalue weighted by atomic mass is 32.1. The first-order valence-electron chi connectivity index (χ1n) is 6.98. The molecule has 0 radical (unpaired) electrons. The summed E-state index contributed by atoms with van der Waals surface area (Å²) in [4.78, 5) is 7.08. The third-order valence-electron chi connectivity index (χ3n) is 4.62. The third kappa shape index (κ3) is 2.33. The summed E-state index contributed by atoms with van der Waals surface area (Å²) in [7, 11) is 0. The molecule has 1 spiro atoms. The molecule has 2 fully saturated rings. The molecule has 1 saturated carbocycles. The Hall–Kier alpha value is -0.450. The van der Waals surface area contributed by atoms with Crippen LogP contribution in [0.15, 0.2) is 11.6 Å². The fourth-order valence-corrected chi connectivity index (χ4v) is 3.93. The predicted octanol–water partition coefficient (Wildman–Crippen LogP) is 2.64. The van der Waals surface area contributed by atoms with Gasteiger partial charge in [0, 0.05) is 35.7 Å². The molecule has 0 aromatic carbocycles. The molecule has 0 amide bonds. The van der Waals surface area contributed by atoms with E-state index in [-0.39, 0.29) is 5.54 Å². The van der Waals surface area contributed by atoms with Gasteiger partial charge >= 0.3 is 0 Å². The smallest absolute Gasteiger partial charge is 0.107 e. The number of hydrogen-bond acceptors (Lipinski definition) is 4. The van der Waals surface area contributed by atoms with Crippen LogP contribution in [0.3, 0.4) is 0 Å². The van der Waals surface area contributed by atoms with Gasteiger partial charge in [-0.05, 0) is 26.7 Å². The molecule has 1 aromatic rings. The monoisotopic (exact) mass is 265 g/mol. The molecule has 1 aromatic heterocycles. The second-order valence-corrected chi connectivity index (χ2v) is 7.41. The van der Waals surface area contributed by atoms with E-state index >= 15 is 0 Å². The Morgan fingerprint density at radius 3 is 2.83 bits per heavy atom. The van der Waals surface area contributed by atoms with Crippen LogP contribution in [0.1, 0.15) is 44.5 Å². The quantitative estimate of drug-likeness (QED) is 0.891. The normalized spacial score (nSPS) is 26.8. The minimum atomic E-state index is 0.236. The van der Waals surface area contributed by atoms with E-state index in [0.717, 1.165) is 13.1 Å². The lowest BCUT2D eigenvalue weighted by Crippen LogP contribution is -2.66. The maximum Gasteiger partial charge on any atom is 0.107 e. The van der Waals surface area contributed by atoms with E-state index in [0.29, 0.717) is 5.54 Å². The van der Waals surface area contributed by atoms with Crippen molar-refractivity contribution >= 4 is 11.3 Å². The average Bonchev–Trinajstić information content (AvgIpc) is 2.97. The van der Waals surface area contributed by atoms with E-state index in [1.807, 2.05) is 6.20 Å². The van der Waals surface area contributed by atoms with Crippen molar-refractivity contribution in [3.8, 4) is 0 Å². The second kappa shape index (κ2) is 4.58. The standard InChI is InChI=1S/C14H23N3S/c1-13(2)10-16-14(5-3-4-6-14)11-17(13)9-12-15-7-8-18-12/h7-8,16H,3-6,9-11H2,1-2H3. The van der Waals surface area contributed by atoms with Crippen LogP contribution in [-0.4, -0.2) is 34.1 Å². The second-order valence-electron chi connectivity index (χ2n) is 6.44. The summed E-state index contributed by atoms with van der Waals surface area (Å²) in [5.41, 5.74) is 0.631. The van der Waals surface area contributed by atoms with Gasteiger partial charge in [-0.3, -0.25) is 4.90 Å². The fourth-order valence-electron chi connectivity index (χ4n) is 3.30. The van der Waals surface area contributed by atoms with Crippen LogP contribution in [0.2, 0.25) is 0 Å². The SMILES string of the molecule is CC1(C)CNC2(CCCC2)CN1Cc1nccs1. The summed E-state index contributed by atoms with van der Waals surface area (Å²) in [6.45, 7) is 7.97. The Morgan fingerprint density at radius 1 is 1.39 bits per heavy atom. The number of hydrogen-bond donors (Lipinski definition) is 1. The van der Waals surface area contributed by atoms with Crippen LogP contribution in [-0.2, 0) is 6.54 Å². The highest BCUT2D eigenvalue weighted by Crippen LogP contribution is 2.36. The maximum absolute atomic E-state index is 4.45. The zero-order valence-corrected chi connectivity index (χ0v) is 12.2. The first-order valence-corrected chi connectivity index (χ1v) is 7.86. The third-order valence-corrected chi connectivity index (χ3v) is 5.38. The molecule has 1 N–H and O–H groups in total. The molecule has 1 saturated heterocycles. The van der Waals surface area contributed by atoms with Crippen LogP contribution >= 0.6 is 11.3 Å². The first kappa shape index (κ1) is 12.6. The van der Waals surface area contributed by atoms with Gasteiger partial charge in [0.15, 0.2) is 0 Å². The van der Waals surface area contributed by atoms with Gasteiger partial charge in [0.05, 0.1) is 6.54 Å². The van der Waals surface area contributed by atoms with E-state index in [1.165, 1.54) is 37.2 Å². The maximum atomic E-state index is 4.45. The summed E-state index contributed by atoms with van der Waals surface area (Å²) >= 11 is 1.78. The molecule has 18 heavy (non-hydrogen) atoms. The molecule has 0 unspecified atom stereocenters. The molecule has 1 aliphatic heterocycles. The van der Waals surface area contributed by atoms with Gasteiger partial charge in [0.25, 0.3) is 0 Å². The molecule has 3 nitrogen and oxygen atoms in total. The lowest BCUT2D eigenvalue weighted by atomic mass is 9.87. The van der Waals surface area contributed by atoms with Gasteiger partial charge in [-0.1, -0.05) is 12.8 Å². The molecule has 0 bridgehead atoms. The van der Waals surface area contributed by atoms with E-state index in [1.54, 1.807) is 11.3 Å². The Balaban J connectivity index is 1.76. The number of aromatic nitrogens is 1. The average molecular weight is 265 g/mol. The van der Waals surface area contributed by atoms with Gasteiger partial charge in [-0.2, -0.15) is 0 Å². The molecule has 4 heteroatoms. The molecule has 3 rings (SSSR count). The van der Waals surface area contributed by atoms with E-state index in [9.17, 15) is 0 Å². The van der Waals surface area contributed by atoms with Crippen LogP contribution in [0.5, 0.6) is 0 Å². The van der Waals surface area contributed by atoms with Gasteiger partial charge in [0.2, 0.25) is 0 Å². The zero-order valence-electron chi connectivity index (χ0n) is 11.4. The Labute approximate surface area is 114 Å². The van der Waals surface area contributed by atoms with Crippen molar-refractivity contribution in [3.63, 3.8) is 0 Å². The lowest BCUT2D eigenvalue weighted by Gasteiger charge is -2.50. The number of nitrogens with zero attached hydrogens (tertiary/aromatic N) is 2. The molecule has 0 atom stereocenters. The van der Waals surface area contributed by atoms with Crippen molar-refractivity contribution in [2.75, 3.05) is 13.1 Å². The highest BCUT2D eigenvalue weighted by molar-refractivity contribution is 7.09.